The Hall–Kier alpha value is -2.25. The molecule has 0 saturated heterocycles. The van der Waals surface area contributed by atoms with E-state index >= 15 is 0 Å². The van der Waals surface area contributed by atoms with Crippen molar-refractivity contribution in [3.05, 3.63) is 52.0 Å². The number of benzene rings is 1. The molecule has 2 aromatic rings. The Morgan fingerprint density at radius 3 is 2.70 bits per heavy atom. The van der Waals surface area contributed by atoms with Crippen molar-refractivity contribution < 1.29 is 19.1 Å². The highest BCUT2D eigenvalue weighted by molar-refractivity contribution is 7.10. The van der Waals surface area contributed by atoms with Gasteiger partial charge in [0, 0.05) is 4.88 Å². The molecule has 1 amide bonds. The molecule has 0 aliphatic carbocycles. The number of carbonyl (C=O) groups is 2. The van der Waals surface area contributed by atoms with Crippen LogP contribution in [0.4, 0.5) is 10.1 Å². The normalized spacial score (nSPS) is 11.9. The molecular weight excluding hydrogens is 283 g/mol. The van der Waals surface area contributed by atoms with E-state index in [9.17, 15) is 14.0 Å². The Kier molecular flexibility index (Phi) is 4.11. The molecule has 0 bridgehead atoms. The van der Waals surface area contributed by atoms with E-state index < -0.39 is 23.7 Å². The molecule has 4 N–H and O–H groups in total. The van der Waals surface area contributed by atoms with Crippen molar-refractivity contribution in [3.8, 4) is 0 Å². The first-order valence-electron chi connectivity index (χ1n) is 5.61. The molecule has 1 aromatic heterocycles. The van der Waals surface area contributed by atoms with Crippen LogP contribution in [0.5, 0.6) is 0 Å². The fourth-order valence-electron chi connectivity index (χ4n) is 1.61. The maximum atomic E-state index is 13.2. The number of hydrogen-bond donors (Lipinski definition) is 3. The molecule has 20 heavy (non-hydrogen) atoms. The first-order valence-corrected chi connectivity index (χ1v) is 6.49. The van der Waals surface area contributed by atoms with Crippen molar-refractivity contribution in [2.75, 3.05) is 5.32 Å². The maximum Gasteiger partial charge on any atom is 0.337 e. The Morgan fingerprint density at radius 1 is 1.35 bits per heavy atom. The number of thiophene rings is 1. The minimum atomic E-state index is -1.26. The molecule has 1 atom stereocenters. The second-order valence-electron chi connectivity index (χ2n) is 3.98. The molecule has 0 saturated carbocycles. The lowest BCUT2D eigenvalue weighted by molar-refractivity contribution is -0.117. The number of anilines is 1. The summed E-state index contributed by atoms with van der Waals surface area (Å²) in [5.74, 6) is -2.50. The highest BCUT2D eigenvalue weighted by Gasteiger charge is 2.19. The van der Waals surface area contributed by atoms with Crippen LogP contribution in [0.25, 0.3) is 0 Å². The van der Waals surface area contributed by atoms with E-state index in [1.165, 1.54) is 11.3 Å². The van der Waals surface area contributed by atoms with E-state index in [1.54, 1.807) is 17.5 Å². The molecule has 2 rings (SSSR count). The largest absolute Gasteiger partial charge is 0.478 e. The Balaban J connectivity index is 2.23. The van der Waals surface area contributed by atoms with Gasteiger partial charge in [-0.15, -0.1) is 11.3 Å². The number of aromatic carboxylic acids is 1. The first kappa shape index (κ1) is 14.2. The maximum absolute atomic E-state index is 13.2. The predicted octanol–water partition coefficient (Wildman–Crippen LogP) is 2.22. The number of carboxylic acids is 1. The minimum absolute atomic E-state index is 0.116. The van der Waals surface area contributed by atoms with Crippen LogP contribution in [0.2, 0.25) is 0 Å². The molecule has 0 aliphatic rings. The van der Waals surface area contributed by atoms with Crippen LogP contribution in [0.15, 0.2) is 35.7 Å². The van der Waals surface area contributed by atoms with Crippen LogP contribution < -0.4 is 11.1 Å². The SMILES string of the molecule is NC(C(=O)Nc1cc(F)ccc1C(=O)O)c1cccs1. The average Bonchev–Trinajstić information content (AvgIpc) is 2.91. The van der Waals surface area contributed by atoms with E-state index in [4.69, 9.17) is 10.8 Å². The van der Waals surface area contributed by atoms with Crippen molar-refractivity contribution in [2.45, 2.75) is 6.04 Å². The van der Waals surface area contributed by atoms with Crippen molar-refractivity contribution in [3.63, 3.8) is 0 Å². The number of amides is 1. The smallest absolute Gasteiger partial charge is 0.337 e. The molecule has 1 aromatic carbocycles. The van der Waals surface area contributed by atoms with Gasteiger partial charge in [-0.25, -0.2) is 9.18 Å². The van der Waals surface area contributed by atoms with Crippen molar-refractivity contribution in [1.29, 1.82) is 0 Å². The summed E-state index contributed by atoms with van der Waals surface area (Å²) in [5.41, 5.74) is 5.44. The first-order chi connectivity index (χ1) is 9.49. The lowest BCUT2D eigenvalue weighted by Crippen LogP contribution is -2.27. The van der Waals surface area contributed by atoms with Gasteiger partial charge in [-0.1, -0.05) is 6.07 Å². The van der Waals surface area contributed by atoms with E-state index in [0.717, 1.165) is 18.2 Å². The fourth-order valence-corrected chi connectivity index (χ4v) is 2.34. The topological polar surface area (TPSA) is 92.4 Å². The van der Waals surface area contributed by atoms with E-state index in [1.807, 2.05) is 0 Å². The lowest BCUT2D eigenvalue weighted by Gasteiger charge is -2.12. The standard InChI is InChI=1S/C13H11FN2O3S/c14-7-3-4-8(13(18)19)9(6-7)16-12(17)11(15)10-2-1-5-20-10/h1-6,11H,15H2,(H,16,17)(H,18,19). The summed E-state index contributed by atoms with van der Waals surface area (Å²) in [5, 5.41) is 13.1. The summed E-state index contributed by atoms with van der Waals surface area (Å²) in [4.78, 5) is 23.6. The minimum Gasteiger partial charge on any atom is -0.478 e. The molecule has 104 valence electrons. The highest BCUT2D eigenvalue weighted by atomic mass is 32.1. The van der Waals surface area contributed by atoms with Crippen molar-refractivity contribution in [1.82, 2.24) is 0 Å². The molecule has 0 spiro atoms. The molecule has 1 unspecified atom stereocenters. The summed E-state index contributed by atoms with van der Waals surface area (Å²) in [7, 11) is 0. The number of hydrogen-bond acceptors (Lipinski definition) is 4. The van der Waals surface area contributed by atoms with E-state index in [2.05, 4.69) is 5.32 Å². The third-order valence-electron chi connectivity index (χ3n) is 2.60. The van der Waals surface area contributed by atoms with Crippen LogP contribution >= 0.6 is 11.3 Å². The zero-order valence-electron chi connectivity index (χ0n) is 10.2. The lowest BCUT2D eigenvalue weighted by atomic mass is 10.1. The van der Waals surface area contributed by atoms with E-state index in [0.29, 0.717) is 4.88 Å². The number of halogens is 1. The summed E-state index contributed by atoms with van der Waals surface area (Å²) in [6, 6.07) is 5.56. The summed E-state index contributed by atoms with van der Waals surface area (Å²) >= 11 is 1.31. The number of nitrogens with two attached hydrogens (primary N) is 1. The zero-order valence-corrected chi connectivity index (χ0v) is 11.0. The Labute approximate surface area is 117 Å². The van der Waals surface area contributed by atoms with Gasteiger partial charge in [0.25, 0.3) is 0 Å². The van der Waals surface area contributed by atoms with Gasteiger partial charge in [-0.3, -0.25) is 4.79 Å². The molecule has 0 radical (unpaired) electrons. The van der Waals surface area contributed by atoms with Crippen LogP contribution in [-0.2, 0) is 4.79 Å². The molecule has 7 heteroatoms. The predicted molar refractivity (Wildman–Crippen MR) is 73.2 cm³/mol. The molecule has 0 fully saturated rings. The van der Waals surface area contributed by atoms with Crippen LogP contribution in [0.3, 0.4) is 0 Å². The molecule has 1 heterocycles. The van der Waals surface area contributed by atoms with Gasteiger partial charge < -0.3 is 16.2 Å². The molecular formula is C13H11FN2O3S. The monoisotopic (exact) mass is 294 g/mol. The average molecular weight is 294 g/mol. The van der Waals surface area contributed by atoms with Crippen LogP contribution in [0.1, 0.15) is 21.3 Å². The van der Waals surface area contributed by atoms with Gasteiger partial charge in [0.15, 0.2) is 0 Å². The summed E-state index contributed by atoms with van der Waals surface area (Å²) in [6.45, 7) is 0. The summed E-state index contributed by atoms with van der Waals surface area (Å²) in [6.07, 6.45) is 0. The second-order valence-corrected chi connectivity index (χ2v) is 4.96. The van der Waals surface area contributed by atoms with E-state index in [-0.39, 0.29) is 11.3 Å². The second kappa shape index (κ2) is 5.81. The number of rotatable bonds is 4. The zero-order chi connectivity index (χ0) is 14.7. The molecule has 0 aliphatic heterocycles. The third-order valence-corrected chi connectivity index (χ3v) is 3.56. The molecule has 5 nitrogen and oxygen atoms in total. The summed E-state index contributed by atoms with van der Waals surface area (Å²) < 4.78 is 13.2. The quantitative estimate of drug-likeness (QED) is 0.806. The fraction of sp³-hybridized carbons (Fsp3) is 0.0769. The van der Waals surface area contributed by atoms with Gasteiger partial charge in [0.2, 0.25) is 5.91 Å². The van der Waals surface area contributed by atoms with Crippen LogP contribution in [0, 0.1) is 5.82 Å². The van der Waals surface area contributed by atoms with Gasteiger partial charge in [0.1, 0.15) is 11.9 Å². The third kappa shape index (κ3) is 3.01. The number of carboxylic acid groups (broad SMARTS) is 1. The van der Waals surface area contributed by atoms with Gasteiger partial charge >= 0.3 is 5.97 Å². The van der Waals surface area contributed by atoms with Crippen LogP contribution in [-0.4, -0.2) is 17.0 Å². The Morgan fingerprint density at radius 2 is 2.10 bits per heavy atom. The van der Waals surface area contributed by atoms with Crippen molar-refractivity contribution in [2.24, 2.45) is 5.73 Å². The van der Waals surface area contributed by atoms with Gasteiger partial charge in [-0.2, -0.15) is 0 Å². The number of carbonyl (C=O) groups excluding carboxylic acids is 1. The Bertz CT molecular complexity index is 643. The van der Waals surface area contributed by atoms with Gasteiger partial charge in [-0.05, 0) is 29.6 Å². The highest BCUT2D eigenvalue weighted by Crippen LogP contribution is 2.21. The van der Waals surface area contributed by atoms with Crippen molar-refractivity contribution >= 4 is 28.9 Å². The van der Waals surface area contributed by atoms with Gasteiger partial charge in [0.05, 0.1) is 11.3 Å². The number of nitrogens with one attached hydrogen (secondary N) is 1.